The summed E-state index contributed by atoms with van der Waals surface area (Å²) in [4.78, 5) is 30.8. The van der Waals surface area contributed by atoms with E-state index in [1.165, 1.54) is 6.07 Å². The highest BCUT2D eigenvalue weighted by Gasteiger charge is 2.25. The molecule has 1 aliphatic rings. The summed E-state index contributed by atoms with van der Waals surface area (Å²) in [5.41, 5.74) is 9.12. The molecule has 0 unspecified atom stereocenters. The van der Waals surface area contributed by atoms with Crippen LogP contribution in [-0.4, -0.2) is 55.8 Å². The maximum absolute atomic E-state index is 12.8. The third-order valence-corrected chi connectivity index (χ3v) is 6.34. The number of aromatic nitrogens is 3. The Hall–Kier alpha value is -3.82. The van der Waals surface area contributed by atoms with Gasteiger partial charge >= 0.3 is 6.03 Å². The fraction of sp³-hybridized carbons (Fsp3) is 0.417. The van der Waals surface area contributed by atoms with Gasteiger partial charge in [0.1, 0.15) is 5.75 Å². The molecule has 2 aromatic heterocycles. The summed E-state index contributed by atoms with van der Waals surface area (Å²) in [7, 11) is 0. The molecule has 1 saturated heterocycles. The molecule has 0 atom stereocenters. The molecular formula is C24H31N7O3. The van der Waals surface area contributed by atoms with Gasteiger partial charge in [0.2, 0.25) is 0 Å². The number of nitrogens with zero attached hydrogens (tertiary/aromatic N) is 4. The molecule has 10 heteroatoms. The lowest BCUT2D eigenvalue weighted by molar-refractivity contribution is 0.0948. The molecule has 1 fully saturated rings. The number of amides is 3. The Balaban J connectivity index is 1.66. The van der Waals surface area contributed by atoms with Crippen molar-refractivity contribution in [2.75, 3.05) is 18.4 Å². The molecule has 4 rings (SSSR count). The first-order chi connectivity index (χ1) is 16.4. The fourth-order valence-electron chi connectivity index (χ4n) is 4.43. The van der Waals surface area contributed by atoms with Crippen LogP contribution in [0.4, 0.5) is 10.5 Å². The van der Waals surface area contributed by atoms with Gasteiger partial charge in [-0.25, -0.2) is 14.5 Å². The lowest BCUT2D eigenvalue weighted by Crippen LogP contribution is -2.44. The van der Waals surface area contributed by atoms with Crippen LogP contribution in [0.3, 0.4) is 0 Å². The van der Waals surface area contributed by atoms with Gasteiger partial charge < -0.3 is 26.4 Å². The summed E-state index contributed by atoms with van der Waals surface area (Å²) in [6.45, 7) is 6.18. The quantitative estimate of drug-likeness (QED) is 0.423. The second-order valence-corrected chi connectivity index (χ2v) is 8.41. The van der Waals surface area contributed by atoms with E-state index in [9.17, 15) is 14.7 Å². The first-order valence-electron chi connectivity index (χ1n) is 11.7. The number of urea groups is 1. The summed E-state index contributed by atoms with van der Waals surface area (Å²) in [6.07, 6.45) is 4.02. The van der Waals surface area contributed by atoms with Crippen LogP contribution in [0, 0.1) is 0 Å². The molecule has 0 aliphatic carbocycles. The van der Waals surface area contributed by atoms with Crippen molar-refractivity contribution in [2.45, 2.75) is 52.2 Å². The molecule has 0 radical (unpaired) electrons. The third kappa shape index (κ3) is 4.61. The zero-order valence-corrected chi connectivity index (χ0v) is 19.5. The summed E-state index contributed by atoms with van der Waals surface area (Å²) < 4.78 is 1.86. The number of piperidine rings is 1. The van der Waals surface area contributed by atoms with Crippen molar-refractivity contribution < 1.29 is 14.7 Å². The van der Waals surface area contributed by atoms with Gasteiger partial charge in [-0.15, -0.1) is 0 Å². The molecule has 180 valence electrons. The Morgan fingerprint density at radius 1 is 1.21 bits per heavy atom. The Labute approximate surface area is 198 Å². The molecule has 0 spiro atoms. The highest BCUT2D eigenvalue weighted by atomic mass is 16.3. The zero-order chi connectivity index (χ0) is 24.2. The number of pyridine rings is 1. The summed E-state index contributed by atoms with van der Waals surface area (Å²) in [5, 5.41) is 22.0. The number of phenolic OH excluding ortho intramolecular Hbond substituents is 1. The largest absolute Gasteiger partial charge is 0.507 e. The second-order valence-electron chi connectivity index (χ2n) is 8.41. The van der Waals surface area contributed by atoms with E-state index in [1.807, 2.05) is 18.5 Å². The number of likely N-dealkylation sites (tertiary alicyclic amines) is 1. The summed E-state index contributed by atoms with van der Waals surface area (Å²) in [5.74, 6) is -0.418. The molecule has 34 heavy (non-hydrogen) atoms. The van der Waals surface area contributed by atoms with Gasteiger partial charge in [-0.1, -0.05) is 19.1 Å². The van der Waals surface area contributed by atoms with Crippen molar-refractivity contribution in [3.63, 3.8) is 0 Å². The minimum atomic E-state index is -0.394. The van der Waals surface area contributed by atoms with Crippen LogP contribution in [0.1, 0.15) is 48.3 Å². The average Bonchev–Trinajstić information content (AvgIpc) is 3.26. The monoisotopic (exact) mass is 465 g/mol. The molecule has 0 bridgehead atoms. The van der Waals surface area contributed by atoms with E-state index in [1.54, 1.807) is 29.3 Å². The minimum absolute atomic E-state index is 0.0620. The number of nitrogens with two attached hydrogens (primary N) is 1. The van der Waals surface area contributed by atoms with Crippen LogP contribution in [-0.2, 0) is 19.5 Å². The lowest BCUT2D eigenvalue weighted by atomic mass is 10.0. The van der Waals surface area contributed by atoms with Crippen LogP contribution in [0.5, 0.6) is 5.75 Å². The van der Waals surface area contributed by atoms with Gasteiger partial charge in [-0.05, 0) is 38.3 Å². The second kappa shape index (κ2) is 9.98. The third-order valence-electron chi connectivity index (χ3n) is 6.34. The lowest BCUT2D eigenvalue weighted by Gasteiger charge is -2.32. The molecule has 5 N–H and O–H groups in total. The number of phenols is 1. The van der Waals surface area contributed by atoms with Crippen LogP contribution in [0.25, 0.3) is 11.0 Å². The molecule has 1 aliphatic heterocycles. The van der Waals surface area contributed by atoms with Crippen molar-refractivity contribution in [1.82, 2.24) is 25.0 Å². The maximum Gasteiger partial charge on any atom is 0.314 e. The Bertz CT molecular complexity index is 1200. The number of para-hydroxylation sites is 1. The fourth-order valence-corrected chi connectivity index (χ4v) is 4.43. The predicted octanol–water partition coefficient (Wildman–Crippen LogP) is 2.60. The van der Waals surface area contributed by atoms with E-state index in [0.29, 0.717) is 26.1 Å². The Morgan fingerprint density at radius 3 is 2.59 bits per heavy atom. The first kappa shape index (κ1) is 23.3. The number of nitrogens with one attached hydrogen (secondary N) is 2. The summed E-state index contributed by atoms with van der Waals surface area (Å²) >= 11 is 0. The summed E-state index contributed by atoms with van der Waals surface area (Å²) in [6, 6.07) is 6.22. The van der Waals surface area contributed by atoms with Crippen molar-refractivity contribution in [1.29, 1.82) is 0 Å². The van der Waals surface area contributed by atoms with E-state index < -0.39 is 6.03 Å². The number of rotatable bonds is 7. The number of aromatic hydroxyl groups is 1. The molecule has 10 nitrogen and oxygen atoms in total. The molecule has 3 amide bonds. The maximum atomic E-state index is 12.8. The molecule has 3 heterocycles. The molecule has 0 saturated carbocycles. The SMILES string of the molecule is CCc1nc2c(cnn2CC)c(NC2CCN(C(N)=O)CC2)c1CNC(=O)c1ccccc1O. The number of carbonyl (C=O) groups excluding carboxylic acids is 2. The van der Waals surface area contributed by atoms with Crippen molar-refractivity contribution in [3.8, 4) is 5.75 Å². The van der Waals surface area contributed by atoms with Gasteiger partial charge in [0.25, 0.3) is 5.91 Å². The van der Waals surface area contributed by atoms with Crippen LogP contribution >= 0.6 is 0 Å². The number of aryl methyl sites for hydroxylation is 2. The molecule has 1 aromatic carbocycles. The Kier molecular flexibility index (Phi) is 6.85. The predicted molar refractivity (Wildman–Crippen MR) is 130 cm³/mol. The Morgan fingerprint density at radius 2 is 1.94 bits per heavy atom. The van der Waals surface area contributed by atoms with E-state index in [2.05, 4.69) is 15.7 Å². The van der Waals surface area contributed by atoms with Crippen LogP contribution in [0.2, 0.25) is 0 Å². The minimum Gasteiger partial charge on any atom is -0.507 e. The van der Waals surface area contributed by atoms with Gasteiger partial charge in [-0.2, -0.15) is 5.10 Å². The number of benzene rings is 1. The van der Waals surface area contributed by atoms with Gasteiger partial charge in [0, 0.05) is 43.5 Å². The standard InChI is InChI=1S/C24H31N7O3/c1-3-19-17(13-26-23(33)16-7-5-6-8-20(16)32)21(18-14-27-31(4-2)22(18)29-19)28-15-9-11-30(12-10-15)24(25)34/h5-8,14-15,32H,3-4,9-13H2,1-2H3,(H2,25,34)(H,26,33)(H,28,29). The molecule has 3 aromatic rings. The number of hydrogen-bond acceptors (Lipinski definition) is 6. The van der Waals surface area contributed by atoms with Crippen LogP contribution < -0.4 is 16.4 Å². The number of anilines is 1. The zero-order valence-electron chi connectivity index (χ0n) is 19.5. The number of hydrogen-bond donors (Lipinski definition) is 4. The van der Waals surface area contributed by atoms with Gasteiger partial charge in [0.15, 0.2) is 5.65 Å². The van der Waals surface area contributed by atoms with Gasteiger partial charge in [0.05, 0.1) is 22.8 Å². The van der Waals surface area contributed by atoms with E-state index in [0.717, 1.165) is 40.8 Å². The van der Waals surface area contributed by atoms with E-state index in [4.69, 9.17) is 10.7 Å². The highest BCUT2D eigenvalue weighted by molar-refractivity contribution is 5.97. The number of fused-ring (bicyclic) bond motifs is 1. The number of primary amides is 1. The van der Waals surface area contributed by atoms with Crippen molar-refractivity contribution in [2.24, 2.45) is 5.73 Å². The average molecular weight is 466 g/mol. The normalized spacial score (nSPS) is 14.4. The van der Waals surface area contributed by atoms with Crippen molar-refractivity contribution in [3.05, 3.63) is 47.3 Å². The number of carbonyl (C=O) groups is 2. The van der Waals surface area contributed by atoms with Crippen molar-refractivity contribution >= 4 is 28.7 Å². The van der Waals surface area contributed by atoms with E-state index in [-0.39, 0.29) is 29.8 Å². The highest BCUT2D eigenvalue weighted by Crippen LogP contribution is 2.31. The van der Waals surface area contributed by atoms with E-state index >= 15 is 0 Å². The van der Waals surface area contributed by atoms with Gasteiger partial charge in [-0.3, -0.25) is 4.79 Å². The first-order valence-corrected chi connectivity index (χ1v) is 11.7. The topological polar surface area (TPSA) is 138 Å². The smallest absolute Gasteiger partial charge is 0.314 e. The molecular weight excluding hydrogens is 434 g/mol. The van der Waals surface area contributed by atoms with Crippen LogP contribution in [0.15, 0.2) is 30.5 Å².